The van der Waals surface area contributed by atoms with E-state index in [0.717, 1.165) is 5.69 Å². The second-order valence-electron chi connectivity index (χ2n) is 5.07. The van der Waals surface area contributed by atoms with Crippen molar-refractivity contribution in [3.05, 3.63) is 77.2 Å². The molecule has 0 fully saturated rings. The molecule has 0 spiro atoms. The quantitative estimate of drug-likeness (QED) is 0.743. The van der Waals surface area contributed by atoms with E-state index in [2.05, 4.69) is 26.7 Å². The van der Waals surface area contributed by atoms with Crippen LogP contribution in [-0.4, -0.2) is 15.9 Å². The Bertz CT molecular complexity index is 933. The first-order valence-electron chi connectivity index (χ1n) is 7.30. The molecule has 0 aliphatic rings. The monoisotopic (exact) mass is 349 g/mol. The van der Waals surface area contributed by atoms with Crippen LogP contribution in [0, 0.1) is 11.3 Å². The number of amides is 1. The lowest BCUT2D eigenvalue weighted by atomic mass is 10.2. The third-order valence-corrected chi connectivity index (χ3v) is 3.49. The first-order chi connectivity index (χ1) is 12.1. The van der Waals surface area contributed by atoms with Crippen molar-refractivity contribution < 1.29 is 4.79 Å². The standard InChI is InChI=1S/C18H12ClN5O/c19-13-2-1-3-15(8-13)24-18(25)16-10-22-17(11-21-16)23-14-6-4-12(9-20)5-7-14/h1-8,10-11H,(H,22,23)(H,24,25). The van der Waals surface area contributed by atoms with Crippen LogP contribution in [-0.2, 0) is 0 Å². The third-order valence-electron chi connectivity index (χ3n) is 3.25. The number of nitriles is 1. The zero-order valence-corrected chi connectivity index (χ0v) is 13.7. The molecule has 1 heterocycles. The summed E-state index contributed by atoms with van der Waals surface area (Å²) in [6.07, 6.45) is 2.84. The van der Waals surface area contributed by atoms with Crippen LogP contribution in [0.4, 0.5) is 17.2 Å². The lowest BCUT2D eigenvalue weighted by molar-refractivity contribution is 0.102. The van der Waals surface area contributed by atoms with Gasteiger partial charge < -0.3 is 10.6 Å². The maximum Gasteiger partial charge on any atom is 0.275 e. The lowest BCUT2D eigenvalue weighted by Gasteiger charge is -2.07. The van der Waals surface area contributed by atoms with Crippen molar-refractivity contribution in [3.8, 4) is 6.07 Å². The maximum atomic E-state index is 12.2. The lowest BCUT2D eigenvalue weighted by Crippen LogP contribution is -2.14. The van der Waals surface area contributed by atoms with Crippen LogP contribution in [0.3, 0.4) is 0 Å². The van der Waals surface area contributed by atoms with Crippen molar-refractivity contribution in [2.75, 3.05) is 10.6 Å². The molecule has 122 valence electrons. The van der Waals surface area contributed by atoms with Gasteiger partial charge >= 0.3 is 0 Å². The molecule has 0 saturated heterocycles. The van der Waals surface area contributed by atoms with Crippen molar-refractivity contribution in [2.24, 2.45) is 0 Å². The average molecular weight is 350 g/mol. The number of aromatic nitrogens is 2. The fourth-order valence-electron chi connectivity index (χ4n) is 2.05. The number of hydrogen-bond acceptors (Lipinski definition) is 5. The van der Waals surface area contributed by atoms with Crippen LogP contribution in [0.15, 0.2) is 60.9 Å². The minimum absolute atomic E-state index is 0.186. The molecule has 25 heavy (non-hydrogen) atoms. The summed E-state index contributed by atoms with van der Waals surface area (Å²) in [4.78, 5) is 20.4. The molecule has 0 unspecified atom stereocenters. The molecule has 0 bridgehead atoms. The number of hydrogen-bond donors (Lipinski definition) is 2. The Morgan fingerprint density at radius 2 is 1.84 bits per heavy atom. The van der Waals surface area contributed by atoms with Crippen molar-refractivity contribution in [1.29, 1.82) is 5.26 Å². The molecule has 0 aliphatic carbocycles. The number of halogens is 1. The van der Waals surface area contributed by atoms with Gasteiger partial charge in [-0.05, 0) is 42.5 Å². The van der Waals surface area contributed by atoms with E-state index in [-0.39, 0.29) is 11.6 Å². The fraction of sp³-hybridized carbons (Fsp3) is 0. The van der Waals surface area contributed by atoms with Crippen molar-refractivity contribution in [3.63, 3.8) is 0 Å². The molecule has 0 radical (unpaired) electrons. The molecule has 1 aromatic heterocycles. The molecule has 1 amide bonds. The highest BCUT2D eigenvalue weighted by Gasteiger charge is 2.09. The first kappa shape index (κ1) is 16.4. The molecule has 0 saturated carbocycles. The van der Waals surface area contributed by atoms with E-state index >= 15 is 0 Å². The van der Waals surface area contributed by atoms with Gasteiger partial charge in [-0.25, -0.2) is 9.97 Å². The first-order valence-corrected chi connectivity index (χ1v) is 7.68. The van der Waals surface area contributed by atoms with Gasteiger partial charge in [-0.3, -0.25) is 4.79 Å². The Kier molecular flexibility index (Phi) is 4.88. The number of nitrogens with zero attached hydrogens (tertiary/aromatic N) is 3. The number of carbonyl (C=O) groups excluding carboxylic acids is 1. The molecular formula is C18H12ClN5O. The minimum atomic E-state index is -0.375. The van der Waals surface area contributed by atoms with Crippen molar-refractivity contribution in [2.45, 2.75) is 0 Å². The molecule has 0 aliphatic heterocycles. The predicted octanol–water partition coefficient (Wildman–Crippen LogP) is 4.00. The molecular weight excluding hydrogens is 338 g/mol. The topological polar surface area (TPSA) is 90.7 Å². The molecule has 2 aromatic carbocycles. The predicted molar refractivity (Wildman–Crippen MR) is 95.9 cm³/mol. The summed E-state index contributed by atoms with van der Waals surface area (Å²) in [6.45, 7) is 0. The number of carbonyl (C=O) groups is 1. The van der Waals surface area contributed by atoms with Crippen molar-refractivity contribution in [1.82, 2.24) is 9.97 Å². The summed E-state index contributed by atoms with van der Waals surface area (Å²) >= 11 is 5.89. The molecule has 2 N–H and O–H groups in total. The van der Waals surface area contributed by atoms with E-state index < -0.39 is 0 Å². The van der Waals surface area contributed by atoms with Crippen LogP contribution in [0.25, 0.3) is 0 Å². The van der Waals surface area contributed by atoms with E-state index in [4.69, 9.17) is 16.9 Å². The number of nitrogens with one attached hydrogen (secondary N) is 2. The highest BCUT2D eigenvalue weighted by Crippen LogP contribution is 2.17. The van der Waals surface area contributed by atoms with E-state index in [1.54, 1.807) is 48.5 Å². The third kappa shape index (κ3) is 4.31. The summed E-state index contributed by atoms with van der Waals surface area (Å²) in [5, 5.41) is 15.1. The summed E-state index contributed by atoms with van der Waals surface area (Å²) in [6, 6.07) is 15.8. The Hall–Kier alpha value is -3.43. The zero-order chi connectivity index (χ0) is 17.6. The SMILES string of the molecule is N#Cc1ccc(Nc2cnc(C(=O)Nc3cccc(Cl)c3)cn2)cc1. The van der Waals surface area contributed by atoms with Gasteiger partial charge in [0.15, 0.2) is 0 Å². The number of rotatable bonds is 4. The molecule has 3 rings (SSSR count). The van der Waals surface area contributed by atoms with Crippen LogP contribution < -0.4 is 10.6 Å². The zero-order valence-electron chi connectivity index (χ0n) is 12.9. The number of anilines is 3. The van der Waals surface area contributed by atoms with E-state index in [1.165, 1.54) is 12.4 Å². The summed E-state index contributed by atoms with van der Waals surface area (Å²) in [5.74, 6) is 0.115. The van der Waals surface area contributed by atoms with Gasteiger partial charge in [-0.15, -0.1) is 0 Å². The number of benzene rings is 2. The van der Waals surface area contributed by atoms with Crippen LogP contribution in [0.1, 0.15) is 16.1 Å². The maximum absolute atomic E-state index is 12.2. The van der Waals surface area contributed by atoms with Gasteiger partial charge in [0.05, 0.1) is 24.0 Å². The minimum Gasteiger partial charge on any atom is -0.339 e. The van der Waals surface area contributed by atoms with Gasteiger partial charge in [-0.1, -0.05) is 17.7 Å². The van der Waals surface area contributed by atoms with Gasteiger partial charge in [0.25, 0.3) is 5.91 Å². The van der Waals surface area contributed by atoms with Gasteiger partial charge in [0.1, 0.15) is 11.5 Å². The Morgan fingerprint density at radius 3 is 2.48 bits per heavy atom. The highest BCUT2D eigenvalue weighted by atomic mass is 35.5. The Morgan fingerprint density at radius 1 is 1.04 bits per heavy atom. The largest absolute Gasteiger partial charge is 0.339 e. The summed E-state index contributed by atoms with van der Waals surface area (Å²) in [7, 11) is 0. The van der Waals surface area contributed by atoms with E-state index in [9.17, 15) is 4.79 Å². The summed E-state index contributed by atoms with van der Waals surface area (Å²) in [5.41, 5.74) is 2.11. The van der Waals surface area contributed by atoms with Gasteiger partial charge in [-0.2, -0.15) is 5.26 Å². The average Bonchev–Trinajstić information content (AvgIpc) is 2.63. The normalized spacial score (nSPS) is 9.92. The second-order valence-corrected chi connectivity index (χ2v) is 5.50. The Balaban J connectivity index is 1.66. The summed E-state index contributed by atoms with van der Waals surface area (Å²) < 4.78 is 0. The van der Waals surface area contributed by atoms with Crippen molar-refractivity contribution >= 4 is 34.7 Å². The Labute approximate surface area is 149 Å². The molecule has 7 heteroatoms. The van der Waals surface area contributed by atoms with Crippen LogP contribution in [0.2, 0.25) is 5.02 Å². The molecule has 3 aromatic rings. The van der Waals surface area contributed by atoms with Gasteiger partial charge in [0.2, 0.25) is 0 Å². The van der Waals surface area contributed by atoms with Gasteiger partial charge in [0, 0.05) is 16.4 Å². The van der Waals surface area contributed by atoms with Crippen LogP contribution >= 0.6 is 11.6 Å². The second kappa shape index (κ2) is 7.43. The highest BCUT2D eigenvalue weighted by molar-refractivity contribution is 6.30. The smallest absolute Gasteiger partial charge is 0.275 e. The fourth-order valence-corrected chi connectivity index (χ4v) is 2.24. The van der Waals surface area contributed by atoms with Crippen LogP contribution in [0.5, 0.6) is 0 Å². The molecule has 0 atom stereocenters. The molecule has 6 nitrogen and oxygen atoms in total. The van der Waals surface area contributed by atoms with E-state index in [0.29, 0.717) is 22.1 Å². The van der Waals surface area contributed by atoms with E-state index in [1.807, 2.05) is 0 Å².